The molecule has 0 unspecified atom stereocenters. The van der Waals surface area contributed by atoms with Gasteiger partial charge in [0.2, 0.25) is 0 Å². The van der Waals surface area contributed by atoms with Gasteiger partial charge in [0.05, 0.1) is 11.0 Å². The van der Waals surface area contributed by atoms with Crippen LogP contribution in [0.2, 0.25) is 0 Å². The first-order valence-corrected chi connectivity index (χ1v) is 16.7. The van der Waals surface area contributed by atoms with Gasteiger partial charge in [0.15, 0.2) is 17.5 Å². The van der Waals surface area contributed by atoms with Gasteiger partial charge in [-0.25, -0.2) is 15.0 Å². The molecule has 0 amide bonds. The maximum Gasteiger partial charge on any atom is 0.164 e. The second kappa shape index (κ2) is 11.4. The van der Waals surface area contributed by atoms with Crippen molar-refractivity contribution >= 4 is 43.7 Å². The predicted octanol–water partition coefficient (Wildman–Crippen LogP) is 11.5. The van der Waals surface area contributed by atoms with Gasteiger partial charge in [0.25, 0.3) is 0 Å². The second-order valence-corrected chi connectivity index (χ2v) is 12.5. The Morgan fingerprint density at radius 2 is 0.960 bits per heavy atom. The summed E-state index contributed by atoms with van der Waals surface area (Å²) in [6.45, 7) is 0. The highest BCUT2D eigenvalue weighted by atomic mass is 16.3. The van der Waals surface area contributed by atoms with Crippen LogP contribution < -0.4 is 0 Å². The van der Waals surface area contributed by atoms with Crippen molar-refractivity contribution in [2.24, 2.45) is 0 Å². The standard InChI is InChI=1S/C45H28N4O/c1-3-13-29(14-4-1)43-46-44(30-15-5-2-6-16-30)48-45(47-43)32-25-26-36-35-19-7-9-22-38(35)49(39(36)28-32)33-18-11-17-31(27-33)34-21-12-24-41-42(34)37-20-8-10-23-40(37)50-41/h1-28H. The van der Waals surface area contributed by atoms with Crippen molar-refractivity contribution in [2.75, 3.05) is 0 Å². The largest absolute Gasteiger partial charge is 0.456 e. The molecule has 5 nitrogen and oxygen atoms in total. The molecule has 7 aromatic carbocycles. The third kappa shape index (κ3) is 4.60. The fourth-order valence-electron chi connectivity index (χ4n) is 7.15. The second-order valence-electron chi connectivity index (χ2n) is 12.5. The zero-order valence-corrected chi connectivity index (χ0v) is 26.9. The number of benzene rings is 7. The molecule has 0 N–H and O–H groups in total. The van der Waals surface area contributed by atoms with Gasteiger partial charge >= 0.3 is 0 Å². The molecule has 0 saturated carbocycles. The summed E-state index contributed by atoms with van der Waals surface area (Å²) < 4.78 is 8.59. The van der Waals surface area contributed by atoms with Crippen LogP contribution in [0.4, 0.5) is 0 Å². The normalized spacial score (nSPS) is 11.6. The van der Waals surface area contributed by atoms with Gasteiger partial charge in [-0.15, -0.1) is 0 Å². The van der Waals surface area contributed by atoms with E-state index in [1.807, 2.05) is 78.9 Å². The summed E-state index contributed by atoms with van der Waals surface area (Å²) in [5, 5.41) is 4.60. The molecule has 10 rings (SSSR count). The van der Waals surface area contributed by atoms with Crippen LogP contribution in [0, 0.1) is 0 Å². The first-order valence-electron chi connectivity index (χ1n) is 16.7. The van der Waals surface area contributed by atoms with Crippen molar-refractivity contribution in [1.82, 2.24) is 19.5 Å². The molecule has 3 aromatic heterocycles. The lowest BCUT2D eigenvalue weighted by Gasteiger charge is -2.12. The maximum absolute atomic E-state index is 6.24. The van der Waals surface area contributed by atoms with Crippen molar-refractivity contribution in [3.05, 3.63) is 170 Å². The Labute approximate surface area is 287 Å². The molecule has 0 radical (unpaired) electrons. The number of rotatable bonds is 5. The van der Waals surface area contributed by atoms with Crippen molar-refractivity contribution in [3.8, 4) is 51.0 Å². The molecular weight excluding hydrogens is 613 g/mol. The fourth-order valence-corrected chi connectivity index (χ4v) is 7.15. The van der Waals surface area contributed by atoms with E-state index in [0.29, 0.717) is 17.5 Å². The van der Waals surface area contributed by atoms with Gasteiger partial charge in [-0.3, -0.25) is 0 Å². The summed E-state index contributed by atoms with van der Waals surface area (Å²) in [5.41, 5.74) is 10.1. The quantitative estimate of drug-likeness (QED) is 0.188. The lowest BCUT2D eigenvalue weighted by molar-refractivity contribution is 0.669. The number of hydrogen-bond acceptors (Lipinski definition) is 4. The first kappa shape index (κ1) is 28.2. The molecule has 0 bridgehead atoms. The molecule has 0 saturated heterocycles. The Morgan fingerprint density at radius 1 is 0.380 bits per heavy atom. The molecule has 5 heteroatoms. The minimum absolute atomic E-state index is 0.628. The highest BCUT2D eigenvalue weighted by Gasteiger charge is 2.18. The third-order valence-electron chi connectivity index (χ3n) is 9.45. The zero-order chi connectivity index (χ0) is 33.0. The van der Waals surface area contributed by atoms with Gasteiger partial charge in [-0.1, -0.05) is 133 Å². The Balaban J connectivity index is 1.18. The van der Waals surface area contributed by atoms with Gasteiger partial charge < -0.3 is 8.98 Å². The van der Waals surface area contributed by atoms with E-state index in [4.69, 9.17) is 19.4 Å². The van der Waals surface area contributed by atoms with Gasteiger partial charge in [0.1, 0.15) is 11.2 Å². The summed E-state index contributed by atoms with van der Waals surface area (Å²) in [5.74, 6) is 1.91. The first-order chi connectivity index (χ1) is 24.8. The molecule has 234 valence electrons. The lowest BCUT2D eigenvalue weighted by atomic mass is 9.99. The van der Waals surface area contributed by atoms with Crippen molar-refractivity contribution < 1.29 is 4.42 Å². The van der Waals surface area contributed by atoms with E-state index in [-0.39, 0.29) is 0 Å². The number of para-hydroxylation sites is 2. The molecule has 3 heterocycles. The van der Waals surface area contributed by atoms with Crippen LogP contribution in [0.15, 0.2) is 174 Å². The third-order valence-corrected chi connectivity index (χ3v) is 9.45. The number of furan rings is 1. The maximum atomic E-state index is 6.24. The minimum Gasteiger partial charge on any atom is -0.456 e. The predicted molar refractivity (Wildman–Crippen MR) is 203 cm³/mol. The average molecular weight is 641 g/mol. The van der Waals surface area contributed by atoms with E-state index < -0.39 is 0 Å². The molecule has 0 aliphatic carbocycles. The minimum atomic E-state index is 0.628. The van der Waals surface area contributed by atoms with E-state index in [1.54, 1.807) is 0 Å². The molecular formula is C45H28N4O. The fraction of sp³-hybridized carbons (Fsp3) is 0. The smallest absolute Gasteiger partial charge is 0.164 e. The van der Waals surface area contributed by atoms with Crippen LogP contribution in [0.3, 0.4) is 0 Å². The van der Waals surface area contributed by atoms with Crippen LogP contribution in [-0.4, -0.2) is 19.5 Å². The SMILES string of the molecule is c1ccc(-c2nc(-c3ccccc3)nc(-c3ccc4c5ccccc5n(-c5cccc(-c6cccc7oc8ccccc8c67)c5)c4c3)n2)cc1. The van der Waals surface area contributed by atoms with Gasteiger partial charge in [-0.2, -0.15) is 0 Å². The zero-order valence-electron chi connectivity index (χ0n) is 26.9. The lowest BCUT2D eigenvalue weighted by Crippen LogP contribution is -2.00. The van der Waals surface area contributed by atoms with E-state index in [9.17, 15) is 0 Å². The van der Waals surface area contributed by atoms with Crippen LogP contribution in [0.25, 0.3) is 94.7 Å². The summed E-state index contributed by atoms with van der Waals surface area (Å²) in [6.07, 6.45) is 0. The topological polar surface area (TPSA) is 56.7 Å². The summed E-state index contributed by atoms with van der Waals surface area (Å²) in [4.78, 5) is 15.0. The van der Waals surface area contributed by atoms with E-state index in [2.05, 4.69) is 95.6 Å². The van der Waals surface area contributed by atoms with Crippen LogP contribution in [0.1, 0.15) is 0 Å². The highest BCUT2D eigenvalue weighted by Crippen LogP contribution is 2.39. The highest BCUT2D eigenvalue weighted by molar-refractivity contribution is 6.13. The number of nitrogens with zero attached hydrogens (tertiary/aromatic N) is 4. The number of fused-ring (bicyclic) bond motifs is 6. The van der Waals surface area contributed by atoms with Gasteiger partial charge in [0, 0.05) is 43.9 Å². The molecule has 0 fully saturated rings. The van der Waals surface area contributed by atoms with Crippen molar-refractivity contribution in [3.63, 3.8) is 0 Å². The Morgan fingerprint density at radius 3 is 1.72 bits per heavy atom. The Bertz CT molecular complexity index is 2810. The Hall–Kier alpha value is -6.85. The number of hydrogen-bond donors (Lipinski definition) is 0. The summed E-state index contributed by atoms with van der Waals surface area (Å²) in [7, 11) is 0. The van der Waals surface area contributed by atoms with Crippen LogP contribution in [-0.2, 0) is 0 Å². The molecule has 0 aliphatic rings. The summed E-state index contributed by atoms with van der Waals surface area (Å²) in [6, 6.07) is 58.6. The van der Waals surface area contributed by atoms with Crippen LogP contribution >= 0.6 is 0 Å². The molecule has 10 aromatic rings. The van der Waals surface area contributed by atoms with Crippen molar-refractivity contribution in [1.29, 1.82) is 0 Å². The van der Waals surface area contributed by atoms with E-state index in [0.717, 1.165) is 66.5 Å². The molecule has 0 atom stereocenters. The Kier molecular flexibility index (Phi) is 6.42. The van der Waals surface area contributed by atoms with E-state index >= 15 is 0 Å². The van der Waals surface area contributed by atoms with Crippen molar-refractivity contribution in [2.45, 2.75) is 0 Å². The summed E-state index contributed by atoms with van der Waals surface area (Å²) >= 11 is 0. The monoisotopic (exact) mass is 640 g/mol. The molecule has 0 spiro atoms. The molecule has 50 heavy (non-hydrogen) atoms. The number of aromatic nitrogens is 4. The van der Waals surface area contributed by atoms with E-state index in [1.165, 1.54) is 10.8 Å². The van der Waals surface area contributed by atoms with Gasteiger partial charge in [-0.05, 0) is 47.5 Å². The van der Waals surface area contributed by atoms with Crippen LogP contribution in [0.5, 0.6) is 0 Å². The molecule has 0 aliphatic heterocycles. The average Bonchev–Trinajstić information content (AvgIpc) is 3.74.